The third-order valence-corrected chi connectivity index (χ3v) is 3.06. The number of hydrogen-bond acceptors (Lipinski definition) is 3. The number of carboxylic acid groups (broad SMARTS) is 1. The van der Waals surface area contributed by atoms with Gasteiger partial charge in [0.25, 0.3) is 0 Å². The summed E-state index contributed by atoms with van der Waals surface area (Å²) in [4.78, 5) is 15.4. The monoisotopic (exact) mass is 247 g/mol. The molecule has 1 atom stereocenters. The smallest absolute Gasteiger partial charge is 0.356 e. The van der Waals surface area contributed by atoms with Gasteiger partial charge in [-0.1, -0.05) is 0 Å². The number of aryl methyl sites for hydroxylation is 1. The molecule has 0 radical (unpaired) electrons. The van der Waals surface area contributed by atoms with Gasteiger partial charge in [-0.05, 0) is 38.6 Å². The number of aromatic carboxylic acids is 1. The number of likely N-dealkylation sites (N-methyl/N-ethyl adjacent to an activating group) is 1. The molecule has 1 unspecified atom stereocenters. The maximum Gasteiger partial charge on any atom is 0.356 e. The van der Waals surface area contributed by atoms with Gasteiger partial charge in [-0.25, -0.2) is 9.78 Å². The Hall–Kier alpha value is -1.88. The highest BCUT2D eigenvalue weighted by Gasteiger charge is 2.17. The minimum absolute atomic E-state index is 0.122. The number of fused-ring (bicyclic) bond motifs is 1. The van der Waals surface area contributed by atoms with Crippen LogP contribution in [-0.2, 0) is 6.42 Å². The maximum absolute atomic E-state index is 11.2. The fourth-order valence-corrected chi connectivity index (χ4v) is 1.93. The highest BCUT2D eigenvalue weighted by atomic mass is 16.4. The highest BCUT2D eigenvalue weighted by molar-refractivity contribution is 5.93. The van der Waals surface area contributed by atoms with Crippen molar-refractivity contribution in [2.24, 2.45) is 0 Å². The van der Waals surface area contributed by atoms with Crippen LogP contribution in [0.2, 0.25) is 0 Å². The number of imidazole rings is 1. The molecule has 0 aliphatic rings. The Labute approximate surface area is 105 Å². The van der Waals surface area contributed by atoms with E-state index in [1.807, 2.05) is 43.6 Å². The van der Waals surface area contributed by atoms with Gasteiger partial charge in [0.15, 0.2) is 5.69 Å². The zero-order valence-corrected chi connectivity index (χ0v) is 10.8. The summed E-state index contributed by atoms with van der Waals surface area (Å²) in [7, 11) is 1.88. The van der Waals surface area contributed by atoms with Crippen LogP contribution in [-0.4, -0.2) is 33.6 Å². The largest absolute Gasteiger partial charge is 0.476 e. The van der Waals surface area contributed by atoms with Crippen LogP contribution in [0.5, 0.6) is 0 Å². The van der Waals surface area contributed by atoms with Gasteiger partial charge in [-0.15, -0.1) is 0 Å². The van der Waals surface area contributed by atoms with Crippen LogP contribution in [0.4, 0.5) is 0 Å². The van der Waals surface area contributed by atoms with Gasteiger partial charge in [0, 0.05) is 18.7 Å². The fraction of sp³-hybridized carbons (Fsp3) is 0.385. The van der Waals surface area contributed by atoms with Gasteiger partial charge in [0.2, 0.25) is 0 Å². The lowest BCUT2D eigenvalue weighted by Crippen LogP contribution is -2.24. The summed E-state index contributed by atoms with van der Waals surface area (Å²) in [5.74, 6) is -0.217. The summed E-state index contributed by atoms with van der Waals surface area (Å²) in [6.45, 7) is 3.98. The van der Waals surface area contributed by atoms with E-state index in [0.29, 0.717) is 11.9 Å². The summed E-state index contributed by atoms with van der Waals surface area (Å²) in [6.07, 6.45) is 2.57. The van der Waals surface area contributed by atoms with E-state index in [-0.39, 0.29) is 11.7 Å². The third kappa shape index (κ3) is 2.22. The van der Waals surface area contributed by atoms with Gasteiger partial charge in [0.1, 0.15) is 5.82 Å². The molecule has 0 aromatic carbocycles. The zero-order valence-electron chi connectivity index (χ0n) is 10.8. The van der Waals surface area contributed by atoms with E-state index in [4.69, 9.17) is 0 Å². The van der Waals surface area contributed by atoms with E-state index in [2.05, 4.69) is 10.3 Å². The number of carboxylic acids is 1. The molecular formula is C13H17N3O2. The molecule has 0 fully saturated rings. The first-order chi connectivity index (χ1) is 8.52. The number of nitrogens with zero attached hydrogens (tertiary/aromatic N) is 2. The van der Waals surface area contributed by atoms with Crippen molar-refractivity contribution in [1.29, 1.82) is 0 Å². The molecule has 0 saturated carbocycles. The first-order valence-electron chi connectivity index (χ1n) is 5.91. The summed E-state index contributed by atoms with van der Waals surface area (Å²) in [6, 6.07) is 4.05. The summed E-state index contributed by atoms with van der Waals surface area (Å²) in [5.41, 5.74) is 1.80. The second kappa shape index (κ2) is 4.78. The first-order valence-corrected chi connectivity index (χ1v) is 5.91. The van der Waals surface area contributed by atoms with Crippen LogP contribution in [0.15, 0.2) is 18.3 Å². The van der Waals surface area contributed by atoms with E-state index in [1.165, 1.54) is 0 Å². The molecule has 0 aliphatic carbocycles. The normalized spacial score (nSPS) is 12.8. The topological polar surface area (TPSA) is 66.6 Å². The fourth-order valence-electron chi connectivity index (χ4n) is 1.93. The SMILES string of the molecule is CNC(C)Cc1nc(C(=O)O)c2cc(C)ccn12. The molecule has 18 heavy (non-hydrogen) atoms. The lowest BCUT2D eigenvalue weighted by molar-refractivity contribution is 0.0693. The predicted octanol–water partition coefficient (Wildman–Crippen LogP) is 1.49. The van der Waals surface area contributed by atoms with Gasteiger partial charge < -0.3 is 14.8 Å². The number of pyridine rings is 1. The predicted molar refractivity (Wildman–Crippen MR) is 69.1 cm³/mol. The molecule has 0 aliphatic heterocycles. The molecule has 2 aromatic rings. The van der Waals surface area contributed by atoms with Crippen molar-refractivity contribution in [3.05, 3.63) is 35.4 Å². The summed E-state index contributed by atoms with van der Waals surface area (Å²) >= 11 is 0. The first kappa shape index (κ1) is 12.6. The molecule has 2 aromatic heterocycles. The lowest BCUT2D eigenvalue weighted by atomic mass is 10.2. The van der Waals surface area contributed by atoms with E-state index in [0.717, 1.165) is 11.4 Å². The Morgan fingerprint density at radius 2 is 2.33 bits per heavy atom. The second-order valence-corrected chi connectivity index (χ2v) is 4.53. The van der Waals surface area contributed by atoms with Crippen molar-refractivity contribution in [3.63, 3.8) is 0 Å². The minimum atomic E-state index is -0.985. The Morgan fingerprint density at radius 1 is 1.61 bits per heavy atom. The van der Waals surface area contributed by atoms with Gasteiger partial charge in [0.05, 0.1) is 5.52 Å². The Kier molecular flexibility index (Phi) is 3.34. The van der Waals surface area contributed by atoms with Crippen LogP contribution in [0.1, 0.15) is 28.8 Å². The molecule has 2 heterocycles. The Balaban J connectivity index is 2.57. The van der Waals surface area contributed by atoms with Crippen molar-refractivity contribution >= 4 is 11.5 Å². The van der Waals surface area contributed by atoms with Crippen molar-refractivity contribution in [3.8, 4) is 0 Å². The minimum Gasteiger partial charge on any atom is -0.476 e. The maximum atomic E-state index is 11.2. The van der Waals surface area contributed by atoms with E-state index in [9.17, 15) is 9.90 Å². The number of nitrogens with one attached hydrogen (secondary N) is 1. The third-order valence-electron chi connectivity index (χ3n) is 3.06. The summed E-state index contributed by atoms with van der Waals surface area (Å²) < 4.78 is 1.85. The van der Waals surface area contributed by atoms with Crippen molar-refractivity contribution in [2.45, 2.75) is 26.3 Å². The van der Waals surface area contributed by atoms with Gasteiger partial charge >= 0.3 is 5.97 Å². The van der Waals surface area contributed by atoms with Crippen molar-refractivity contribution in [1.82, 2.24) is 14.7 Å². The molecule has 2 rings (SSSR count). The zero-order chi connectivity index (χ0) is 13.3. The van der Waals surface area contributed by atoms with Crippen LogP contribution >= 0.6 is 0 Å². The molecule has 0 bridgehead atoms. The standard InChI is InChI=1S/C13H17N3O2/c1-8-4-5-16-10(6-8)12(13(17)18)15-11(16)7-9(2)14-3/h4-6,9,14H,7H2,1-3H3,(H,17,18). The number of aromatic nitrogens is 2. The lowest BCUT2D eigenvalue weighted by Gasteiger charge is -2.08. The van der Waals surface area contributed by atoms with Crippen LogP contribution in [0.25, 0.3) is 5.52 Å². The Morgan fingerprint density at radius 3 is 2.94 bits per heavy atom. The van der Waals surface area contributed by atoms with Gasteiger partial charge in [-0.3, -0.25) is 0 Å². The molecule has 96 valence electrons. The molecule has 0 amide bonds. The molecule has 5 nitrogen and oxygen atoms in total. The highest BCUT2D eigenvalue weighted by Crippen LogP contribution is 2.16. The molecule has 2 N–H and O–H groups in total. The molecular weight excluding hydrogens is 230 g/mol. The second-order valence-electron chi connectivity index (χ2n) is 4.53. The van der Waals surface area contributed by atoms with Crippen molar-refractivity contribution < 1.29 is 9.90 Å². The van der Waals surface area contributed by atoms with E-state index >= 15 is 0 Å². The van der Waals surface area contributed by atoms with Gasteiger partial charge in [-0.2, -0.15) is 0 Å². The van der Waals surface area contributed by atoms with E-state index < -0.39 is 5.97 Å². The number of carbonyl (C=O) groups is 1. The quantitative estimate of drug-likeness (QED) is 0.859. The average Bonchev–Trinajstić information content (AvgIpc) is 2.67. The van der Waals surface area contributed by atoms with Crippen LogP contribution in [0.3, 0.4) is 0 Å². The molecule has 0 saturated heterocycles. The average molecular weight is 247 g/mol. The van der Waals surface area contributed by atoms with Crippen LogP contribution < -0.4 is 5.32 Å². The van der Waals surface area contributed by atoms with Crippen LogP contribution in [0, 0.1) is 6.92 Å². The van der Waals surface area contributed by atoms with E-state index in [1.54, 1.807) is 0 Å². The number of rotatable bonds is 4. The Bertz CT molecular complexity index is 589. The number of hydrogen-bond donors (Lipinski definition) is 2. The summed E-state index contributed by atoms with van der Waals surface area (Å²) in [5, 5.41) is 12.3. The molecule has 5 heteroatoms. The molecule has 0 spiro atoms. The van der Waals surface area contributed by atoms with Crippen molar-refractivity contribution in [2.75, 3.05) is 7.05 Å².